The highest BCUT2D eigenvalue weighted by Gasteiger charge is 2.48. The van der Waals surface area contributed by atoms with Gasteiger partial charge in [0.15, 0.2) is 0 Å². The molecular weight excluding hydrogens is 174 g/mol. The molecule has 2 rings (SSSR count). The van der Waals surface area contributed by atoms with E-state index in [0.717, 1.165) is 12.8 Å². The largest absolute Gasteiger partial charge is 0.377 e. The van der Waals surface area contributed by atoms with E-state index in [9.17, 15) is 5.11 Å². The van der Waals surface area contributed by atoms with Crippen LogP contribution in [0, 0.1) is 18.3 Å². The lowest BCUT2D eigenvalue weighted by Crippen LogP contribution is -2.99. The van der Waals surface area contributed by atoms with E-state index in [4.69, 9.17) is 6.42 Å². The first-order valence-electron chi connectivity index (χ1n) is 5.71. The summed E-state index contributed by atoms with van der Waals surface area (Å²) in [5.74, 6) is 2.98. The maximum Gasteiger partial charge on any atom is 0.139 e. The molecule has 78 valence electrons. The summed E-state index contributed by atoms with van der Waals surface area (Å²) >= 11 is 0. The molecule has 0 unspecified atom stereocenters. The number of hydrogen-bond acceptors (Lipinski definition) is 1. The van der Waals surface area contributed by atoms with Gasteiger partial charge in [-0.3, -0.25) is 0 Å². The number of hydrogen-bond donors (Lipinski definition) is 2. The molecule has 0 spiro atoms. The van der Waals surface area contributed by atoms with Crippen molar-refractivity contribution >= 4 is 0 Å². The van der Waals surface area contributed by atoms with Crippen LogP contribution in [0.15, 0.2) is 0 Å². The van der Waals surface area contributed by atoms with Crippen molar-refractivity contribution in [1.29, 1.82) is 0 Å². The SMILES string of the molecule is C#C[C@]1(O)C[C@H](C)[NH2+][C@H]2CCCC[C@H]21. The lowest BCUT2D eigenvalue weighted by Gasteiger charge is -2.44. The van der Waals surface area contributed by atoms with Crippen LogP contribution in [0.25, 0.3) is 0 Å². The Morgan fingerprint density at radius 1 is 1.43 bits per heavy atom. The van der Waals surface area contributed by atoms with Crippen LogP contribution < -0.4 is 5.32 Å². The number of rotatable bonds is 0. The molecule has 0 aromatic heterocycles. The minimum atomic E-state index is -0.820. The van der Waals surface area contributed by atoms with E-state index in [-0.39, 0.29) is 0 Å². The molecule has 14 heavy (non-hydrogen) atoms. The Balaban J connectivity index is 2.20. The molecule has 1 saturated carbocycles. The number of nitrogens with two attached hydrogens (primary N) is 1. The fourth-order valence-corrected chi connectivity index (χ4v) is 3.28. The highest BCUT2D eigenvalue weighted by atomic mass is 16.3. The molecule has 1 aliphatic heterocycles. The smallest absolute Gasteiger partial charge is 0.139 e. The predicted octanol–water partition coefficient (Wildman–Crippen LogP) is 0.265. The molecule has 3 N–H and O–H groups in total. The van der Waals surface area contributed by atoms with E-state index in [1.165, 1.54) is 19.3 Å². The van der Waals surface area contributed by atoms with Gasteiger partial charge in [0.05, 0.1) is 18.0 Å². The predicted molar refractivity (Wildman–Crippen MR) is 55.5 cm³/mol. The minimum absolute atomic E-state index is 0.331. The average Bonchev–Trinajstić information content (AvgIpc) is 2.17. The lowest BCUT2D eigenvalue weighted by atomic mass is 9.69. The van der Waals surface area contributed by atoms with Crippen LogP contribution >= 0.6 is 0 Å². The molecule has 1 aliphatic carbocycles. The van der Waals surface area contributed by atoms with Gasteiger partial charge in [-0.25, -0.2) is 0 Å². The number of quaternary nitrogens is 1. The van der Waals surface area contributed by atoms with E-state index >= 15 is 0 Å². The summed E-state index contributed by atoms with van der Waals surface area (Å²) in [7, 11) is 0. The highest BCUT2D eigenvalue weighted by Crippen LogP contribution is 2.36. The van der Waals surface area contributed by atoms with Crippen molar-refractivity contribution in [3.05, 3.63) is 0 Å². The normalized spacial score (nSPS) is 47.9. The Morgan fingerprint density at radius 3 is 2.86 bits per heavy atom. The van der Waals surface area contributed by atoms with Crippen molar-refractivity contribution in [1.82, 2.24) is 0 Å². The standard InChI is InChI=1S/C12H19NO/c1-3-12(14)8-9(2)13-11-7-5-4-6-10(11)12/h1,9-11,13-14H,4-8H2,2H3/p+1/t9-,10+,11-,12-/m0/s1. The van der Waals surface area contributed by atoms with Crippen molar-refractivity contribution in [2.24, 2.45) is 5.92 Å². The van der Waals surface area contributed by atoms with Crippen molar-refractivity contribution in [3.8, 4) is 12.3 Å². The lowest BCUT2D eigenvalue weighted by molar-refractivity contribution is -0.741. The fraction of sp³-hybridized carbons (Fsp3) is 0.833. The van der Waals surface area contributed by atoms with Crippen molar-refractivity contribution < 1.29 is 10.4 Å². The van der Waals surface area contributed by atoms with Gasteiger partial charge in [-0.1, -0.05) is 12.3 Å². The van der Waals surface area contributed by atoms with E-state index in [1.807, 2.05) is 0 Å². The fourth-order valence-electron chi connectivity index (χ4n) is 3.28. The maximum atomic E-state index is 10.4. The molecule has 2 heteroatoms. The number of aliphatic hydroxyl groups is 1. The van der Waals surface area contributed by atoms with Crippen LogP contribution in [0.5, 0.6) is 0 Å². The molecule has 2 aliphatic rings. The Bertz CT molecular complexity index is 258. The van der Waals surface area contributed by atoms with Gasteiger partial charge in [0.25, 0.3) is 0 Å². The molecule has 1 saturated heterocycles. The van der Waals surface area contributed by atoms with Crippen LogP contribution in [0.3, 0.4) is 0 Å². The molecule has 2 fully saturated rings. The molecule has 0 bridgehead atoms. The van der Waals surface area contributed by atoms with Gasteiger partial charge in [-0.15, -0.1) is 6.42 Å². The Labute approximate surface area is 86.1 Å². The second-order valence-corrected chi connectivity index (χ2v) is 5.00. The molecule has 2 nitrogen and oxygen atoms in total. The quantitative estimate of drug-likeness (QED) is 0.533. The molecule has 4 atom stereocenters. The Morgan fingerprint density at radius 2 is 2.14 bits per heavy atom. The van der Waals surface area contributed by atoms with E-state index in [0.29, 0.717) is 18.0 Å². The van der Waals surface area contributed by atoms with Gasteiger partial charge < -0.3 is 10.4 Å². The molecule has 0 aromatic carbocycles. The van der Waals surface area contributed by atoms with Gasteiger partial charge >= 0.3 is 0 Å². The first-order valence-corrected chi connectivity index (χ1v) is 5.71. The second kappa shape index (κ2) is 3.56. The van der Waals surface area contributed by atoms with Crippen LogP contribution in [0.4, 0.5) is 0 Å². The van der Waals surface area contributed by atoms with Crippen LogP contribution in [-0.4, -0.2) is 22.8 Å². The molecule has 1 heterocycles. The number of terminal acetylenes is 1. The second-order valence-electron chi connectivity index (χ2n) is 5.00. The zero-order valence-electron chi connectivity index (χ0n) is 8.87. The van der Waals surface area contributed by atoms with Crippen LogP contribution in [-0.2, 0) is 0 Å². The van der Waals surface area contributed by atoms with Gasteiger partial charge in [0, 0.05) is 6.42 Å². The summed E-state index contributed by atoms with van der Waals surface area (Å²) in [6.07, 6.45) is 11.1. The van der Waals surface area contributed by atoms with Gasteiger partial charge in [-0.2, -0.15) is 0 Å². The van der Waals surface area contributed by atoms with Crippen molar-refractivity contribution in [2.75, 3.05) is 0 Å². The van der Waals surface area contributed by atoms with Gasteiger partial charge in [-0.05, 0) is 26.2 Å². The Hall–Kier alpha value is -0.520. The number of piperidine rings is 1. The Kier molecular flexibility index (Phi) is 2.55. The molecule has 0 amide bonds. The maximum absolute atomic E-state index is 10.4. The third-order valence-corrected chi connectivity index (χ3v) is 3.89. The zero-order chi connectivity index (χ0) is 10.2. The summed E-state index contributed by atoms with van der Waals surface area (Å²) in [4.78, 5) is 0. The topological polar surface area (TPSA) is 36.8 Å². The van der Waals surface area contributed by atoms with Crippen molar-refractivity contribution in [3.63, 3.8) is 0 Å². The minimum Gasteiger partial charge on any atom is -0.377 e. The van der Waals surface area contributed by atoms with Crippen LogP contribution in [0.2, 0.25) is 0 Å². The monoisotopic (exact) mass is 194 g/mol. The van der Waals surface area contributed by atoms with Gasteiger partial charge in [0.2, 0.25) is 0 Å². The first kappa shape index (κ1) is 10.0. The molecule has 0 aromatic rings. The van der Waals surface area contributed by atoms with Crippen molar-refractivity contribution in [2.45, 2.75) is 56.7 Å². The third-order valence-electron chi connectivity index (χ3n) is 3.89. The summed E-state index contributed by atoms with van der Waals surface area (Å²) in [5, 5.41) is 12.8. The van der Waals surface area contributed by atoms with E-state index in [2.05, 4.69) is 18.2 Å². The van der Waals surface area contributed by atoms with E-state index < -0.39 is 5.60 Å². The third kappa shape index (κ3) is 1.55. The summed E-state index contributed by atoms with van der Waals surface area (Å²) in [6, 6.07) is 1.03. The van der Waals surface area contributed by atoms with Gasteiger partial charge in [0.1, 0.15) is 5.60 Å². The molecule has 0 radical (unpaired) electrons. The zero-order valence-corrected chi connectivity index (χ0v) is 8.87. The number of fused-ring (bicyclic) bond motifs is 1. The molecular formula is C12H20NO+. The first-order chi connectivity index (χ1) is 6.65. The summed E-state index contributed by atoms with van der Waals surface area (Å²) in [6.45, 7) is 2.16. The van der Waals surface area contributed by atoms with Crippen LogP contribution in [0.1, 0.15) is 39.0 Å². The summed E-state index contributed by atoms with van der Waals surface area (Å²) in [5.41, 5.74) is -0.820. The summed E-state index contributed by atoms with van der Waals surface area (Å²) < 4.78 is 0. The average molecular weight is 194 g/mol. The highest BCUT2D eigenvalue weighted by molar-refractivity contribution is 5.14. The van der Waals surface area contributed by atoms with E-state index in [1.54, 1.807) is 0 Å².